The minimum atomic E-state index is -0.852. The molecule has 0 spiro atoms. The van der Waals surface area contributed by atoms with Crippen LogP contribution in [0.4, 0.5) is 10.5 Å². The number of urea groups is 1. The summed E-state index contributed by atoms with van der Waals surface area (Å²) in [4.78, 5) is 39.4. The molecule has 0 bridgehead atoms. The van der Waals surface area contributed by atoms with Gasteiger partial charge in [0.2, 0.25) is 0 Å². The maximum Gasteiger partial charge on any atom is 0.335 e. The largest absolute Gasteiger partial charge is 0.497 e. The van der Waals surface area contributed by atoms with Crippen LogP contribution in [0.15, 0.2) is 66.2 Å². The number of hydrogen-bond donors (Lipinski definition) is 1. The molecule has 4 rings (SSSR count). The van der Waals surface area contributed by atoms with E-state index < -0.39 is 17.8 Å². The first-order chi connectivity index (χ1) is 16.8. The molecule has 35 heavy (non-hydrogen) atoms. The third-order valence-electron chi connectivity index (χ3n) is 5.32. The summed E-state index contributed by atoms with van der Waals surface area (Å²) in [5.41, 5.74) is 1.97. The minimum absolute atomic E-state index is 0.191. The van der Waals surface area contributed by atoms with Crippen LogP contribution >= 0.6 is 23.2 Å². The van der Waals surface area contributed by atoms with Gasteiger partial charge >= 0.3 is 6.03 Å². The first-order valence-electron chi connectivity index (χ1n) is 10.5. The lowest BCUT2D eigenvalue weighted by Crippen LogP contribution is -2.54. The number of benzene rings is 3. The summed E-state index contributed by atoms with van der Waals surface area (Å²) in [7, 11) is 1.52. The number of halogens is 2. The van der Waals surface area contributed by atoms with Crippen molar-refractivity contribution in [3.05, 3.63) is 93.0 Å². The number of amides is 4. The zero-order valence-corrected chi connectivity index (χ0v) is 20.3. The standard InChI is InChI=1S/C26H20Cl2N2O5/c1-15-6-8-19(28)12-22(15)30-25(32)21(24(31)29-26(30)33)11-17-7-9-20(34-2)13-23(17)35-14-16-4-3-5-18(27)10-16/h3-13H,14H2,1-2H3,(H,29,31,33)/b21-11+. The zero-order valence-electron chi connectivity index (χ0n) is 18.8. The van der Waals surface area contributed by atoms with Gasteiger partial charge in [0.1, 0.15) is 23.7 Å². The lowest BCUT2D eigenvalue weighted by molar-refractivity contribution is -0.122. The molecule has 0 unspecified atom stereocenters. The quantitative estimate of drug-likeness (QED) is 0.346. The Morgan fingerprint density at radius 3 is 2.49 bits per heavy atom. The molecular weight excluding hydrogens is 491 g/mol. The van der Waals surface area contributed by atoms with Crippen molar-refractivity contribution in [3.63, 3.8) is 0 Å². The SMILES string of the molecule is COc1ccc(/C=C2\C(=O)NC(=O)N(c3cc(Cl)ccc3C)C2=O)c(OCc2cccc(Cl)c2)c1. The van der Waals surface area contributed by atoms with Crippen LogP contribution in [0.3, 0.4) is 0 Å². The highest BCUT2D eigenvalue weighted by Gasteiger charge is 2.37. The van der Waals surface area contributed by atoms with Crippen LogP contribution in [0.5, 0.6) is 11.5 Å². The van der Waals surface area contributed by atoms with Crippen molar-refractivity contribution in [2.75, 3.05) is 12.0 Å². The number of imide groups is 2. The maximum absolute atomic E-state index is 13.3. The molecule has 0 atom stereocenters. The molecule has 0 radical (unpaired) electrons. The molecule has 7 nitrogen and oxygen atoms in total. The molecule has 0 aromatic heterocycles. The van der Waals surface area contributed by atoms with Gasteiger partial charge in [-0.05, 0) is 60.5 Å². The van der Waals surface area contributed by atoms with E-state index in [-0.39, 0.29) is 17.9 Å². The lowest BCUT2D eigenvalue weighted by atomic mass is 10.0. The van der Waals surface area contributed by atoms with E-state index in [1.54, 1.807) is 49.4 Å². The lowest BCUT2D eigenvalue weighted by Gasteiger charge is -2.27. The number of barbiturate groups is 1. The van der Waals surface area contributed by atoms with Crippen LogP contribution in [-0.2, 0) is 16.2 Å². The molecule has 9 heteroatoms. The highest BCUT2D eigenvalue weighted by Crippen LogP contribution is 2.31. The average Bonchev–Trinajstić information content (AvgIpc) is 2.83. The van der Waals surface area contributed by atoms with Crippen molar-refractivity contribution in [2.45, 2.75) is 13.5 Å². The molecular formula is C26H20Cl2N2O5. The molecule has 1 N–H and O–H groups in total. The Morgan fingerprint density at radius 2 is 1.74 bits per heavy atom. The summed E-state index contributed by atoms with van der Waals surface area (Å²) >= 11 is 12.1. The van der Waals surface area contributed by atoms with Crippen molar-refractivity contribution >= 4 is 52.8 Å². The number of carbonyl (C=O) groups is 3. The Bertz CT molecular complexity index is 1370. The highest BCUT2D eigenvalue weighted by molar-refractivity contribution is 6.39. The minimum Gasteiger partial charge on any atom is -0.497 e. The molecule has 1 aliphatic heterocycles. The molecule has 3 aromatic rings. The molecule has 0 aliphatic carbocycles. The fourth-order valence-electron chi connectivity index (χ4n) is 3.53. The predicted molar refractivity (Wildman–Crippen MR) is 134 cm³/mol. The molecule has 1 aliphatic rings. The number of hydrogen-bond acceptors (Lipinski definition) is 5. The zero-order chi connectivity index (χ0) is 25.1. The second-order valence-electron chi connectivity index (χ2n) is 7.71. The van der Waals surface area contributed by atoms with Crippen molar-refractivity contribution in [1.29, 1.82) is 0 Å². The number of ether oxygens (including phenoxy) is 2. The van der Waals surface area contributed by atoms with E-state index in [4.69, 9.17) is 32.7 Å². The van der Waals surface area contributed by atoms with Crippen LogP contribution in [0.2, 0.25) is 10.0 Å². The summed E-state index contributed by atoms with van der Waals surface area (Å²) in [6, 6.07) is 16.2. The Kier molecular flexibility index (Phi) is 7.10. The normalized spacial score (nSPS) is 14.8. The van der Waals surface area contributed by atoms with Gasteiger partial charge in [-0.15, -0.1) is 0 Å². The van der Waals surface area contributed by atoms with E-state index in [9.17, 15) is 14.4 Å². The molecule has 1 heterocycles. The molecule has 3 aromatic carbocycles. The Balaban J connectivity index is 1.71. The summed E-state index contributed by atoms with van der Waals surface area (Å²) in [6.45, 7) is 1.92. The summed E-state index contributed by atoms with van der Waals surface area (Å²) in [5.74, 6) is -0.688. The second-order valence-corrected chi connectivity index (χ2v) is 8.58. The van der Waals surface area contributed by atoms with Crippen molar-refractivity contribution in [2.24, 2.45) is 0 Å². The van der Waals surface area contributed by atoms with E-state index >= 15 is 0 Å². The molecule has 178 valence electrons. The molecule has 1 saturated heterocycles. The number of methoxy groups -OCH3 is 1. The number of nitrogens with zero attached hydrogens (tertiary/aromatic N) is 1. The first-order valence-corrected chi connectivity index (χ1v) is 11.3. The molecule has 0 saturated carbocycles. The summed E-state index contributed by atoms with van der Waals surface area (Å²) in [5, 5.41) is 3.14. The number of nitrogens with one attached hydrogen (secondary N) is 1. The fraction of sp³-hybridized carbons (Fsp3) is 0.115. The number of anilines is 1. The monoisotopic (exact) mass is 510 g/mol. The number of carbonyl (C=O) groups excluding carboxylic acids is 3. The van der Waals surface area contributed by atoms with Crippen LogP contribution < -0.4 is 19.7 Å². The average molecular weight is 511 g/mol. The second kappa shape index (κ2) is 10.2. The Morgan fingerprint density at radius 1 is 0.971 bits per heavy atom. The van der Waals surface area contributed by atoms with Gasteiger partial charge in [0.05, 0.1) is 12.8 Å². The van der Waals surface area contributed by atoms with Gasteiger partial charge in [-0.3, -0.25) is 14.9 Å². The van der Waals surface area contributed by atoms with Crippen LogP contribution in [0, 0.1) is 6.92 Å². The van der Waals surface area contributed by atoms with Crippen LogP contribution in [-0.4, -0.2) is 25.0 Å². The van der Waals surface area contributed by atoms with Gasteiger partial charge in [-0.1, -0.05) is 41.4 Å². The van der Waals surface area contributed by atoms with Gasteiger partial charge in [0.25, 0.3) is 11.8 Å². The van der Waals surface area contributed by atoms with Crippen LogP contribution in [0.1, 0.15) is 16.7 Å². The highest BCUT2D eigenvalue weighted by atomic mass is 35.5. The number of rotatable bonds is 6. The molecule has 1 fully saturated rings. The van der Waals surface area contributed by atoms with E-state index in [1.807, 2.05) is 12.1 Å². The third-order valence-corrected chi connectivity index (χ3v) is 5.79. The maximum atomic E-state index is 13.3. The smallest absolute Gasteiger partial charge is 0.335 e. The van der Waals surface area contributed by atoms with E-state index in [0.717, 1.165) is 10.5 Å². The van der Waals surface area contributed by atoms with Gasteiger partial charge in [-0.25, -0.2) is 9.69 Å². The Labute approximate surface area is 211 Å². The van der Waals surface area contributed by atoms with Crippen molar-refractivity contribution in [3.8, 4) is 11.5 Å². The van der Waals surface area contributed by atoms with Gasteiger partial charge in [0.15, 0.2) is 0 Å². The van der Waals surface area contributed by atoms with E-state index in [2.05, 4.69) is 5.32 Å². The van der Waals surface area contributed by atoms with Crippen molar-refractivity contribution < 1.29 is 23.9 Å². The Hall–Kier alpha value is -3.81. The van der Waals surface area contributed by atoms with E-state index in [1.165, 1.54) is 19.3 Å². The number of aryl methyl sites for hydroxylation is 1. The fourth-order valence-corrected chi connectivity index (χ4v) is 3.91. The molecule has 4 amide bonds. The summed E-state index contributed by atoms with van der Waals surface area (Å²) < 4.78 is 11.3. The predicted octanol–water partition coefficient (Wildman–Crippen LogP) is 5.56. The van der Waals surface area contributed by atoms with E-state index in [0.29, 0.717) is 32.7 Å². The van der Waals surface area contributed by atoms with Crippen molar-refractivity contribution in [1.82, 2.24) is 5.32 Å². The van der Waals surface area contributed by atoms with Crippen LogP contribution in [0.25, 0.3) is 6.08 Å². The van der Waals surface area contributed by atoms with Gasteiger partial charge < -0.3 is 9.47 Å². The topological polar surface area (TPSA) is 84.9 Å². The van der Waals surface area contributed by atoms with Gasteiger partial charge in [0, 0.05) is 21.7 Å². The van der Waals surface area contributed by atoms with Gasteiger partial charge in [-0.2, -0.15) is 0 Å². The third kappa shape index (κ3) is 5.31. The first kappa shape index (κ1) is 24.3. The summed E-state index contributed by atoms with van der Waals surface area (Å²) in [6.07, 6.45) is 1.38.